The van der Waals surface area contributed by atoms with Crippen LogP contribution in [0.5, 0.6) is 0 Å². The molecule has 0 radical (unpaired) electrons. The van der Waals surface area contributed by atoms with Crippen LogP contribution in [0.2, 0.25) is 0 Å². The Morgan fingerprint density at radius 3 is 2.65 bits per heavy atom. The number of ether oxygens (including phenoxy) is 1. The first kappa shape index (κ1) is 17.7. The van der Waals surface area contributed by atoms with Crippen LogP contribution in [0.15, 0.2) is 22.7 Å². The Balaban J connectivity index is 1.78. The minimum absolute atomic E-state index is 0.00805. The fourth-order valence-corrected chi connectivity index (χ4v) is 2.80. The van der Waals surface area contributed by atoms with Crippen molar-refractivity contribution in [3.05, 3.63) is 28.2 Å². The van der Waals surface area contributed by atoms with Gasteiger partial charge in [0, 0.05) is 10.2 Å². The summed E-state index contributed by atoms with van der Waals surface area (Å²) < 4.78 is 6.02. The van der Waals surface area contributed by atoms with Crippen molar-refractivity contribution in [1.82, 2.24) is 4.90 Å². The van der Waals surface area contributed by atoms with Crippen molar-refractivity contribution in [2.75, 3.05) is 44.6 Å². The Kier molecular flexibility index (Phi) is 6.41. The molecular formula is C16H23BrN3O3+. The van der Waals surface area contributed by atoms with Gasteiger partial charge < -0.3 is 15.0 Å². The fraction of sp³-hybridized carbons (Fsp3) is 0.500. The summed E-state index contributed by atoms with van der Waals surface area (Å²) in [4.78, 5) is 26.7. The van der Waals surface area contributed by atoms with E-state index < -0.39 is 0 Å². The van der Waals surface area contributed by atoms with Gasteiger partial charge in [0.2, 0.25) is 0 Å². The predicted octanol–water partition coefficient (Wildman–Crippen LogP) is 1.05. The third kappa shape index (κ3) is 5.21. The Hall–Kier alpha value is -1.60. The number of aryl methyl sites for hydroxylation is 1. The van der Waals surface area contributed by atoms with Gasteiger partial charge >= 0.3 is 6.09 Å². The van der Waals surface area contributed by atoms with Gasteiger partial charge in [-0.3, -0.25) is 9.69 Å². The van der Waals surface area contributed by atoms with Gasteiger partial charge in [-0.15, -0.1) is 0 Å². The molecular weight excluding hydrogens is 362 g/mol. The Bertz CT molecular complexity index is 572. The molecule has 7 heteroatoms. The Morgan fingerprint density at radius 2 is 2.04 bits per heavy atom. The topological polar surface area (TPSA) is 63.1 Å². The molecule has 1 aromatic rings. The monoisotopic (exact) mass is 384 g/mol. The molecule has 0 aliphatic carbocycles. The Morgan fingerprint density at radius 1 is 1.35 bits per heavy atom. The number of anilines is 1. The second kappa shape index (κ2) is 8.31. The number of benzene rings is 1. The van der Waals surface area contributed by atoms with Crippen molar-refractivity contribution in [3.8, 4) is 0 Å². The van der Waals surface area contributed by atoms with Crippen molar-refractivity contribution in [2.45, 2.75) is 13.8 Å². The SMILES string of the molecule is CCOC(=O)N1CC[NH+](CC(=O)Nc2ccc(Br)c(C)c2)CC1. The third-order valence-electron chi connectivity index (χ3n) is 3.85. The van der Waals surface area contributed by atoms with Gasteiger partial charge in [0.1, 0.15) is 0 Å². The smallest absolute Gasteiger partial charge is 0.410 e. The minimum atomic E-state index is -0.263. The van der Waals surface area contributed by atoms with E-state index in [0.717, 1.165) is 28.8 Å². The summed E-state index contributed by atoms with van der Waals surface area (Å²) >= 11 is 3.44. The summed E-state index contributed by atoms with van der Waals surface area (Å²) in [6.07, 6.45) is -0.263. The fourth-order valence-electron chi connectivity index (χ4n) is 2.55. The van der Waals surface area contributed by atoms with E-state index >= 15 is 0 Å². The summed E-state index contributed by atoms with van der Waals surface area (Å²) in [6.45, 7) is 7.34. The first-order valence-corrected chi connectivity index (χ1v) is 8.60. The summed E-state index contributed by atoms with van der Waals surface area (Å²) in [6, 6.07) is 5.74. The van der Waals surface area contributed by atoms with Crippen molar-refractivity contribution in [2.24, 2.45) is 0 Å². The number of amides is 2. The molecule has 1 aromatic carbocycles. The molecule has 0 spiro atoms. The second-order valence-corrected chi connectivity index (χ2v) is 6.48. The van der Waals surface area contributed by atoms with Gasteiger partial charge in [-0.2, -0.15) is 0 Å². The molecule has 2 rings (SSSR count). The molecule has 126 valence electrons. The van der Waals surface area contributed by atoms with Crippen LogP contribution in [0.4, 0.5) is 10.5 Å². The van der Waals surface area contributed by atoms with Gasteiger partial charge in [-0.25, -0.2) is 4.79 Å². The summed E-state index contributed by atoms with van der Waals surface area (Å²) in [5, 5.41) is 2.93. The highest BCUT2D eigenvalue weighted by molar-refractivity contribution is 9.10. The highest BCUT2D eigenvalue weighted by Crippen LogP contribution is 2.19. The van der Waals surface area contributed by atoms with E-state index in [1.165, 1.54) is 4.90 Å². The van der Waals surface area contributed by atoms with E-state index in [4.69, 9.17) is 4.74 Å². The van der Waals surface area contributed by atoms with Gasteiger partial charge in [-0.05, 0) is 37.6 Å². The van der Waals surface area contributed by atoms with Crippen molar-refractivity contribution in [3.63, 3.8) is 0 Å². The molecule has 1 fully saturated rings. The zero-order chi connectivity index (χ0) is 16.8. The van der Waals surface area contributed by atoms with Crippen LogP contribution in [-0.2, 0) is 9.53 Å². The largest absolute Gasteiger partial charge is 0.450 e. The van der Waals surface area contributed by atoms with E-state index in [2.05, 4.69) is 21.2 Å². The summed E-state index contributed by atoms with van der Waals surface area (Å²) in [5.74, 6) is -0.00805. The first-order valence-electron chi connectivity index (χ1n) is 7.81. The van der Waals surface area contributed by atoms with E-state index in [9.17, 15) is 9.59 Å². The number of quaternary nitrogens is 1. The molecule has 23 heavy (non-hydrogen) atoms. The maximum atomic E-state index is 12.1. The number of hydrogen-bond acceptors (Lipinski definition) is 3. The van der Waals surface area contributed by atoms with Gasteiger partial charge in [-0.1, -0.05) is 15.9 Å². The van der Waals surface area contributed by atoms with Gasteiger partial charge in [0.05, 0.1) is 32.8 Å². The third-order valence-corrected chi connectivity index (χ3v) is 4.74. The number of halogens is 1. The van der Waals surface area contributed by atoms with Gasteiger partial charge in [0.15, 0.2) is 6.54 Å². The van der Waals surface area contributed by atoms with E-state index in [1.807, 2.05) is 25.1 Å². The maximum Gasteiger partial charge on any atom is 0.410 e. The summed E-state index contributed by atoms with van der Waals surface area (Å²) in [7, 11) is 0. The van der Waals surface area contributed by atoms with Crippen molar-refractivity contribution in [1.29, 1.82) is 0 Å². The lowest BCUT2D eigenvalue weighted by molar-refractivity contribution is -0.895. The average Bonchev–Trinajstić information content (AvgIpc) is 2.52. The number of nitrogens with zero attached hydrogens (tertiary/aromatic N) is 1. The lowest BCUT2D eigenvalue weighted by Crippen LogP contribution is -3.15. The van der Waals surface area contributed by atoms with E-state index in [-0.39, 0.29) is 12.0 Å². The standard InChI is InChI=1S/C16H22BrN3O3/c1-3-23-16(22)20-8-6-19(7-9-20)11-15(21)18-13-4-5-14(17)12(2)10-13/h4-5,10H,3,6-9,11H2,1-2H3,(H,18,21)/p+1. The van der Waals surface area contributed by atoms with E-state index in [1.54, 1.807) is 11.8 Å². The highest BCUT2D eigenvalue weighted by atomic mass is 79.9. The molecule has 2 amide bonds. The minimum Gasteiger partial charge on any atom is -0.450 e. The van der Waals surface area contributed by atoms with Crippen molar-refractivity contribution < 1.29 is 19.2 Å². The molecule has 6 nitrogen and oxygen atoms in total. The molecule has 1 aliphatic rings. The highest BCUT2D eigenvalue weighted by Gasteiger charge is 2.25. The molecule has 0 saturated carbocycles. The van der Waals surface area contributed by atoms with E-state index in [0.29, 0.717) is 26.2 Å². The van der Waals surface area contributed by atoms with Crippen LogP contribution >= 0.6 is 15.9 Å². The Labute approximate surface area is 144 Å². The zero-order valence-corrected chi connectivity index (χ0v) is 15.1. The molecule has 2 N–H and O–H groups in total. The molecule has 1 aliphatic heterocycles. The molecule has 0 bridgehead atoms. The number of carbonyl (C=O) groups excluding carboxylic acids is 2. The second-order valence-electron chi connectivity index (χ2n) is 5.62. The van der Waals surface area contributed by atoms with Crippen LogP contribution in [0.25, 0.3) is 0 Å². The normalized spacial score (nSPS) is 15.3. The number of rotatable bonds is 4. The number of piperazine rings is 1. The lowest BCUT2D eigenvalue weighted by Gasteiger charge is -2.31. The number of hydrogen-bond donors (Lipinski definition) is 2. The van der Waals surface area contributed by atoms with Crippen LogP contribution in [-0.4, -0.2) is 56.2 Å². The molecule has 1 saturated heterocycles. The van der Waals surface area contributed by atoms with Gasteiger partial charge in [0.25, 0.3) is 5.91 Å². The number of carbonyl (C=O) groups is 2. The first-order chi connectivity index (χ1) is 11.0. The van der Waals surface area contributed by atoms with Crippen molar-refractivity contribution >= 4 is 33.6 Å². The quantitative estimate of drug-likeness (QED) is 0.815. The molecule has 0 aromatic heterocycles. The van der Waals surface area contributed by atoms with Crippen LogP contribution in [0.1, 0.15) is 12.5 Å². The molecule has 1 heterocycles. The molecule has 0 atom stereocenters. The zero-order valence-electron chi connectivity index (χ0n) is 13.5. The van der Waals surface area contributed by atoms with Crippen LogP contribution in [0.3, 0.4) is 0 Å². The van der Waals surface area contributed by atoms with Crippen LogP contribution in [0, 0.1) is 6.92 Å². The number of nitrogens with one attached hydrogen (secondary N) is 2. The lowest BCUT2D eigenvalue weighted by atomic mass is 10.2. The molecule has 0 unspecified atom stereocenters. The summed E-state index contributed by atoms with van der Waals surface area (Å²) in [5.41, 5.74) is 1.89. The average molecular weight is 385 g/mol. The van der Waals surface area contributed by atoms with Crippen LogP contribution < -0.4 is 10.2 Å². The maximum absolute atomic E-state index is 12.1. The predicted molar refractivity (Wildman–Crippen MR) is 91.7 cm³/mol.